The zero-order valence-corrected chi connectivity index (χ0v) is 10.5. The van der Waals surface area contributed by atoms with Crippen molar-refractivity contribution in [3.8, 4) is 0 Å². The van der Waals surface area contributed by atoms with E-state index in [2.05, 4.69) is 10.0 Å². The average Bonchev–Trinajstić information content (AvgIpc) is 2.16. The average molecular weight is 249 g/mol. The predicted molar refractivity (Wildman–Crippen MR) is 61.6 cm³/mol. The van der Waals surface area contributed by atoms with Crippen molar-refractivity contribution >= 4 is 16.1 Å². The summed E-state index contributed by atoms with van der Waals surface area (Å²) in [5.74, 6) is 0. The first-order chi connectivity index (χ1) is 7.42. The summed E-state index contributed by atoms with van der Waals surface area (Å²) in [6.45, 7) is 3.57. The summed E-state index contributed by atoms with van der Waals surface area (Å²) in [7, 11) is -3.19. The topological polar surface area (TPSA) is 78.5 Å². The fourth-order valence-electron chi connectivity index (χ4n) is 1.82. The summed E-state index contributed by atoms with van der Waals surface area (Å²) in [4.78, 5) is 13.2. The lowest BCUT2D eigenvalue weighted by Gasteiger charge is -2.32. The summed E-state index contributed by atoms with van der Waals surface area (Å²) < 4.78 is 24.7. The molecule has 94 valence electrons. The van der Waals surface area contributed by atoms with Gasteiger partial charge in [0.05, 0.1) is 6.26 Å². The highest BCUT2D eigenvalue weighted by Gasteiger charge is 2.24. The van der Waals surface area contributed by atoms with Gasteiger partial charge in [0.25, 0.3) is 0 Å². The van der Waals surface area contributed by atoms with Crippen LogP contribution in [-0.4, -0.2) is 51.3 Å². The maximum absolute atomic E-state index is 11.5. The lowest BCUT2D eigenvalue weighted by Crippen LogP contribution is -2.52. The quantitative estimate of drug-likeness (QED) is 0.722. The van der Waals surface area contributed by atoms with E-state index in [-0.39, 0.29) is 12.1 Å². The van der Waals surface area contributed by atoms with Crippen molar-refractivity contribution in [2.75, 3.05) is 25.9 Å². The number of likely N-dealkylation sites (tertiary alicyclic amines) is 1. The van der Waals surface area contributed by atoms with Crippen molar-refractivity contribution in [2.45, 2.75) is 25.8 Å². The highest BCUT2D eigenvalue weighted by Crippen LogP contribution is 2.10. The predicted octanol–water partition coefficient (Wildman–Crippen LogP) is -0.270. The molecule has 0 aromatic heterocycles. The van der Waals surface area contributed by atoms with Crippen molar-refractivity contribution in [2.24, 2.45) is 0 Å². The Bertz CT molecular complexity index is 342. The van der Waals surface area contributed by atoms with Crippen LogP contribution in [-0.2, 0) is 10.0 Å². The van der Waals surface area contributed by atoms with Crippen LogP contribution in [0.5, 0.6) is 0 Å². The number of urea groups is 1. The minimum Gasteiger partial charge on any atom is -0.338 e. The van der Waals surface area contributed by atoms with Crippen LogP contribution in [0.15, 0.2) is 0 Å². The van der Waals surface area contributed by atoms with Gasteiger partial charge in [0, 0.05) is 25.7 Å². The summed E-state index contributed by atoms with van der Waals surface area (Å²) in [5, 5.41) is 2.71. The van der Waals surface area contributed by atoms with Crippen LogP contribution in [0.1, 0.15) is 19.8 Å². The van der Waals surface area contributed by atoms with Gasteiger partial charge < -0.3 is 10.2 Å². The molecule has 0 radical (unpaired) electrons. The van der Waals surface area contributed by atoms with E-state index in [1.165, 1.54) is 0 Å². The molecule has 1 unspecified atom stereocenters. The van der Waals surface area contributed by atoms with Gasteiger partial charge in [-0.2, -0.15) is 0 Å². The van der Waals surface area contributed by atoms with Gasteiger partial charge in [-0.3, -0.25) is 0 Å². The summed E-state index contributed by atoms with van der Waals surface area (Å²) >= 11 is 0. The van der Waals surface area contributed by atoms with Crippen LogP contribution in [0.3, 0.4) is 0 Å². The molecular formula is C9H19N3O3S. The minimum absolute atomic E-state index is 0.123. The third-order valence-electron chi connectivity index (χ3n) is 2.42. The number of nitrogens with one attached hydrogen (secondary N) is 2. The number of carbonyl (C=O) groups excluding carboxylic acids is 1. The van der Waals surface area contributed by atoms with Crippen molar-refractivity contribution < 1.29 is 13.2 Å². The Hall–Kier alpha value is -0.820. The number of rotatable bonds is 3. The van der Waals surface area contributed by atoms with Crippen molar-refractivity contribution in [3.63, 3.8) is 0 Å². The second-order valence-electron chi connectivity index (χ2n) is 4.01. The molecule has 1 aliphatic rings. The fraction of sp³-hybridized carbons (Fsp3) is 0.889. The third kappa shape index (κ3) is 4.36. The first-order valence-electron chi connectivity index (χ1n) is 5.42. The Morgan fingerprint density at radius 2 is 2.19 bits per heavy atom. The molecule has 0 aliphatic carbocycles. The first-order valence-corrected chi connectivity index (χ1v) is 7.31. The van der Waals surface area contributed by atoms with Crippen molar-refractivity contribution in [3.05, 3.63) is 0 Å². The van der Waals surface area contributed by atoms with Crippen LogP contribution in [0.25, 0.3) is 0 Å². The van der Waals surface area contributed by atoms with E-state index in [0.717, 1.165) is 19.1 Å². The highest BCUT2D eigenvalue weighted by atomic mass is 32.2. The lowest BCUT2D eigenvalue weighted by molar-refractivity contribution is 0.178. The van der Waals surface area contributed by atoms with Gasteiger partial charge in [-0.15, -0.1) is 0 Å². The molecule has 0 spiro atoms. The van der Waals surface area contributed by atoms with E-state index in [4.69, 9.17) is 0 Å². The van der Waals surface area contributed by atoms with Crippen LogP contribution >= 0.6 is 0 Å². The number of nitrogens with zero attached hydrogens (tertiary/aromatic N) is 1. The maximum Gasteiger partial charge on any atom is 0.317 e. The summed E-state index contributed by atoms with van der Waals surface area (Å²) in [6.07, 6.45) is 2.74. The zero-order chi connectivity index (χ0) is 12.2. The van der Waals surface area contributed by atoms with Gasteiger partial charge in [0.2, 0.25) is 10.0 Å². The summed E-state index contributed by atoms with van der Waals surface area (Å²) in [5.41, 5.74) is 0. The van der Waals surface area contributed by atoms with E-state index in [0.29, 0.717) is 19.6 Å². The molecule has 0 aromatic carbocycles. The monoisotopic (exact) mass is 249 g/mol. The van der Waals surface area contributed by atoms with Gasteiger partial charge in [0.15, 0.2) is 0 Å². The van der Waals surface area contributed by atoms with E-state index >= 15 is 0 Å². The molecule has 2 N–H and O–H groups in total. The van der Waals surface area contributed by atoms with E-state index in [9.17, 15) is 13.2 Å². The minimum atomic E-state index is -3.19. The number of piperidine rings is 1. The van der Waals surface area contributed by atoms with Crippen molar-refractivity contribution in [1.82, 2.24) is 14.9 Å². The largest absolute Gasteiger partial charge is 0.338 e. The normalized spacial score (nSPS) is 21.9. The SMILES string of the molecule is CCNC(=O)N1CCCC(NS(C)(=O)=O)C1. The van der Waals surface area contributed by atoms with Crippen LogP contribution in [0, 0.1) is 0 Å². The Balaban J connectivity index is 2.50. The first kappa shape index (κ1) is 13.2. The zero-order valence-electron chi connectivity index (χ0n) is 9.69. The fourth-order valence-corrected chi connectivity index (χ4v) is 2.62. The molecule has 1 saturated heterocycles. The molecule has 1 rings (SSSR count). The number of sulfonamides is 1. The standard InChI is InChI=1S/C9H19N3O3S/c1-3-10-9(13)12-6-4-5-8(7-12)11-16(2,14)15/h8,11H,3-7H2,1-2H3,(H,10,13). The molecule has 7 heteroatoms. The Kier molecular flexibility index (Phi) is 4.55. The maximum atomic E-state index is 11.5. The number of amides is 2. The molecule has 1 aliphatic heterocycles. The number of carbonyl (C=O) groups is 1. The second-order valence-corrected chi connectivity index (χ2v) is 5.79. The molecule has 1 atom stereocenters. The van der Waals surface area contributed by atoms with E-state index in [1.54, 1.807) is 4.90 Å². The van der Waals surface area contributed by atoms with E-state index in [1.807, 2.05) is 6.92 Å². The molecule has 2 amide bonds. The van der Waals surface area contributed by atoms with Gasteiger partial charge in [-0.1, -0.05) is 0 Å². The smallest absolute Gasteiger partial charge is 0.317 e. The molecule has 6 nitrogen and oxygen atoms in total. The van der Waals surface area contributed by atoms with Gasteiger partial charge >= 0.3 is 6.03 Å². The van der Waals surface area contributed by atoms with Gasteiger partial charge in [-0.25, -0.2) is 17.9 Å². The van der Waals surface area contributed by atoms with E-state index < -0.39 is 10.0 Å². The lowest BCUT2D eigenvalue weighted by atomic mass is 10.1. The molecule has 1 fully saturated rings. The summed E-state index contributed by atoms with van der Waals surface area (Å²) in [6, 6.07) is -0.283. The second kappa shape index (κ2) is 5.49. The molecule has 16 heavy (non-hydrogen) atoms. The van der Waals surface area contributed by atoms with Gasteiger partial charge in [0.1, 0.15) is 0 Å². The molecule has 0 saturated carbocycles. The molecule has 1 heterocycles. The Morgan fingerprint density at radius 1 is 1.50 bits per heavy atom. The molecule has 0 bridgehead atoms. The van der Waals surface area contributed by atoms with Crippen LogP contribution in [0.2, 0.25) is 0 Å². The van der Waals surface area contributed by atoms with Gasteiger partial charge in [-0.05, 0) is 19.8 Å². The molecular weight excluding hydrogens is 230 g/mol. The Labute approximate surface area is 96.4 Å². The van der Waals surface area contributed by atoms with Crippen molar-refractivity contribution in [1.29, 1.82) is 0 Å². The highest BCUT2D eigenvalue weighted by molar-refractivity contribution is 7.88. The third-order valence-corrected chi connectivity index (χ3v) is 3.18. The Morgan fingerprint density at radius 3 is 2.75 bits per heavy atom. The van der Waals surface area contributed by atoms with Crippen LogP contribution in [0.4, 0.5) is 4.79 Å². The molecule has 0 aromatic rings. The van der Waals surface area contributed by atoms with Crippen LogP contribution < -0.4 is 10.0 Å². The number of hydrogen-bond acceptors (Lipinski definition) is 3. The number of hydrogen-bond donors (Lipinski definition) is 2.